The van der Waals surface area contributed by atoms with Crippen LogP contribution in [0.4, 0.5) is 0 Å². The van der Waals surface area contributed by atoms with E-state index in [4.69, 9.17) is 0 Å². The standard InChI is InChI=1S/C9H11BrS/c10-7-3-5-8-4-1-2-6-9(8)11/h1-2,4,6,11H,3,5,7H2. The Labute approximate surface area is 81.5 Å². The Hall–Kier alpha value is 0.0500. The van der Waals surface area contributed by atoms with Crippen molar-refractivity contribution in [2.45, 2.75) is 17.7 Å². The summed E-state index contributed by atoms with van der Waals surface area (Å²) in [6.45, 7) is 0. The summed E-state index contributed by atoms with van der Waals surface area (Å²) in [7, 11) is 0. The summed E-state index contributed by atoms with van der Waals surface area (Å²) in [6.07, 6.45) is 2.29. The van der Waals surface area contributed by atoms with Gasteiger partial charge in [-0.15, -0.1) is 12.6 Å². The van der Waals surface area contributed by atoms with Crippen molar-refractivity contribution in [2.24, 2.45) is 0 Å². The van der Waals surface area contributed by atoms with Crippen molar-refractivity contribution >= 4 is 28.6 Å². The molecule has 11 heavy (non-hydrogen) atoms. The molecule has 0 fully saturated rings. The average Bonchev–Trinajstić information content (AvgIpc) is 2.03. The van der Waals surface area contributed by atoms with E-state index in [1.54, 1.807) is 0 Å². The van der Waals surface area contributed by atoms with Crippen molar-refractivity contribution in [3.8, 4) is 0 Å². The number of hydrogen-bond donors (Lipinski definition) is 1. The SMILES string of the molecule is Sc1ccccc1CCCBr. The van der Waals surface area contributed by atoms with Crippen molar-refractivity contribution < 1.29 is 0 Å². The van der Waals surface area contributed by atoms with Crippen LogP contribution in [-0.4, -0.2) is 5.33 Å². The number of benzene rings is 1. The van der Waals surface area contributed by atoms with Crippen LogP contribution in [0.25, 0.3) is 0 Å². The van der Waals surface area contributed by atoms with Crippen LogP contribution in [0.2, 0.25) is 0 Å². The van der Waals surface area contributed by atoms with E-state index in [9.17, 15) is 0 Å². The molecule has 0 N–H and O–H groups in total. The molecule has 0 aliphatic rings. The smallest absolute Gasteiger partial charge is 0.00720 e. The van der Waals surface area contributed by atoms with Gasteiger partial charge in [0.2, 0.25) is 0 Å². The molecule has 1 rings (SSSR count). The van der Waals surface area contributed by atoms with Gasteiger partial charge in [0.05, 0.1) is 0 Å². The molecule has 0 saturated carbocycles. The largest absolute Gasteiger partial charge is 0.143 e. The molecule has 0 heterocycles. The third-order valence-electron chi connectivity index (χ3n) is 1.57. The van der Waals surface area contributed by atoms with E-state index in [-0.39, 0.29) is 0 Å². The third kappa shape index (κ3) is 2.88. The molecule has 0 aromatic heterocycles. The molecule has 0 bridgehead atoms. The molecule has 0 spiro atoms. The van der Waals surface area contributed by atoms with Crippen molar-refractivity contribution in [1.82, 2.24) is 0 Å². The lowest BCUT2D eigenvalue weighted by Gasteiger charge is -2.01. The van der Waals surface area contributed by atoms with Crippen LogP contribution < -0.4 is 0 Å². The van der Waals surface area contributed by atoms with E-state index in [0.29, 0.717) is 0 Å². The zero-order valence-electron chi connectivity index (χ0n) is 6.26. The van der Waals surface area contributed by atoms with Gasteiger partial charge in [0, 0.05) is 10.2 Å². The first kappa shape index (κ1) is 9.14. The molecule has 1 aromatic rings. The van der Waals surface area contributed by atoms with Gasteiger partial charge in [-0.3, -0.25) is 0 Å². The molecule has 0 amide bonds. The number of hydrogen-bond acceptors (Lipinski definition) is 1. The van der Waals surface area contributed by atoms with Crippen LogP contribution in [-0.2, 0) is 6.42 Å². The summed E-state index contributed by atoms with van der Waals surface area (Å²) in [5, 5.41) is 1.06. The quantitative estimate of drug-likeness (QED) is 0.598. The predicted molar refractivity (Wildman–Crippen MR) is 55.8 cm³/mol. The highest BCUT2D eigenvalue weighted by Crippen LogP contribution is 2.14. The summed E-state index contributed by atoms with van der Waals surface area (Å²) in [6, 6.07) is 8.24. The second-order valence-corrected chi connectivity index (χ2v) is 3.70. The average molecular weight is 231 g/mol. The minimum atomic E-state index is 1.06. The molecule has 0 aliphatic heterocycles. The molecule has 0 nitrogen and oxygen atoms in total. The van der Waals surface area contributed by atoms with Gasteiger partial charge in [0.15, 0.2) is 0 Å². The van der Waals surface area contributed by atoms with Gasteiger partial charge < -0.3 is 0 Å². The Morgan fingerprint density at radius 3 is 2.64 bits per heavy atom. The lowest BCUT2D eigenvalue weighted by molar-refractivity contribution is 0.917. The van der Waals surface area contributed by atoms with E-state index in [0.717, 1.165) is 16.6 Å². The molecular formula is C9H11BrS. The van der Waals surface area contributed by atoms with Crippen LogP contribution in [0, 0.1) is 0 Å². The maximum atomic E-state index is 4.36. The van der Waals surface area contributed by atoms with Gasteiger partial charge in [-0.2, -0.15) is 0 Å². The second-order valence-electron chi connectivity index (χ2n) is 2.42. The molecule has 0 atom stereocenters. The number of alkyl halides is 1. The minimum absolute atomic E-state index is 1.06. The normalized spacial score (nSPS) is 10.0. The molecule has 2 heteroatoms. The minimum Gasteiger partial charge on any atom is -0.143 e. The van der Waals surface area contributed by atoms with Gasteiger partial charge in [-0.25, -0.2) is 0 Å². The highest BCUT2D eigenvalue weighted by Gasteiger charge is 1.95. The van der Waals surface area contributed by atoms with E-state index in [1.165, 1.54) is 12.0 Å². The summed E-state index contributed by atoms with van der Waals surface area (Å²) in [4.78, 5) is 1.11. The highest BCUT2D eigenvalue weighted by molar-refractivity contribution is 9.09. The van der Waals surface area contributed by atoms with Gasteiger partial charge >= 0.3 is 0 Å². The summed E-state index contributed by atoms with van der Waals surface area (Å²) < 4.78 is 0. The van der Waals surface area contributed by atoms with E-state index in [1.807, 2.05) is 12.1 Å². The second kappa shape index (κ2) is 4.83. The van der Waals surface area contributed by atoms with Gasteiger partial charge in [0.25, 0.3) is 0 Å². The van der Waals surface area contributed by atoms with Crippen LogP contribution in [0.3, 0.4) is 0 Å². The zero-order chi connectivity index (χ0) is 8.10. The Morgan fingerprint density at radius 2 is 2.00 bits per heavy atom. The van der Waals surface area contributed by atoms with Crippen molar-refractivity contribution in [3.05, 3.63) is 29.8 Å². The number of thiol groups is 1. The topological polar surface area (TPSA) is 0 Å². The molecular weight excluding hydrogens is 220 g/mol. The fourth-order valence-electron chi connectivity index (χ4n) is 0.979. The first-order chi connectivity index (χ1) is 5.34. The number of rotatable bonds is 3. The molecule has 60 valence electrons. The third-order valence-corrected chi connectivity index (χ3v) is 2.57. The predicted octanol–water partition coefficient (Wildman–Crippen LogP) is 3.30. The number of halogens is 1. The monoisotopic (exact) mass is 230 g/mol. The zero-order valence-corrected chi connectivity index (χ0v) is 8.74. The lowest BCUT2D eigenvalue weighted by Crippen LogP contribution is -1.86. The number of aryl methyl sites for hydroxylation is 1. The fourth-order valence-corrected chi connectivity index (χ4v) is 1.53. The van der Waals surface area contributed by atoms with E-state index < -0.39 is 0 Å². The first-order valence-corrected chi connectivity index (χ1v) is 5.24. The molecule has 1 aromatic carbocycles. The van der Waals surface area contributed by atoms with Crippen LogP contribution in [0.15, 0.2) is 29.2 Å². The highest BCUT2D eigenvalue weighted by atomic mass is 79.9. The van der Waals surface area contributed by atoms with E-state index >= 15 is 0 Å². The molecule has 0 radical (unpaired) electrons. The summed E-state index contributed by atoms with van der Waals surface area (Å²) in [5.41, 5.74) is 1.34. The maximum Gasteiger partial charge on any atom is 0.00720 e. The van der Waals surface area contributed by atoms with Crippen LogP contribution in [0.5, 0.6) is 0 Å². The Balaban J connectivity index is 2.62. The van der Waals surface area contributed by atoms with Crippen LogP contribution >= 0.6 is 28.6 Å². The van der Waals surface area contributed by atoms with E-state index in [2.05, 4.69) is 40.7 Å². The summed E-state index contributed by atoms with van der Waals surface area (Å²) >= 11 is 7.76. The lowest BCUT2D eigenvalue weighted by atomic mass is 10.1. The Bertz CT molecular complexity index is 223. The van der Waals surface area contributed by atoms with Crippen molar-refractivity contribution in [3.63, 3.8) is 0 Å². The van der Waals surface area contributed by atoms with Gasteiger partial charge in [-0.05, 0) is 24.5 Å². The molecule has 0 aliphatic carbocycles. The molecule has 0 saturated heterocycles. The Kier molecular flexibility index (Phi) is 4.02. The van der Waals surface area contributed by atoms with Gasteiger partial charge in [-0.1, -0.05) is 34.1 Å². The fraction of sp³-hybridized carbons (Fsp3) is 0.333. The maximum absolute atomic E-state index is 4.36. The Morgan fingerprint density at radius 1 is 1.27 bits per heavy atom. The summed E-state index contributed by atoms with van der Waals surface area (Å²) in [5.74, 6) is 0. The molecule has 0 unspecified atom stereocenters. The van der Waals surface area contributed by atoms with Gasteiger partial charge in [0.1, 0.15) is 0 Å². The van der Waals surface area contributed by atoms with Crippen molar-refractivity contribution in [1.29, 1.82) is 0 Å². The first-order valence-electron chi connectivity index (χ1n) is 3.67. The van der Waals surface area contributed by atoms with Crippen LogP contribution in [0.1, 0.15) is 12.0 Å². The van der Waals surface area contributed by atoms with Crippen molar-refractivity contribution in [2.75, 3.05) is 5.33 Å².